The maximum absolute atomic E-state index is 11.9. The first-order valence-electron chi connectivity index (χ1n) is 5.82. The van der Waals surface area contributed by atoms with Crippen LogP contribution in [0, 0.1) is 0 Å². The predicted octanol–water partition coefficient (Wildman–Crippen LogP) is 0.692. The third kappa shape index (κ3) is 6.58. The molecule has 94 valence electrons. The summed E-state index contributed by atoms with van der Waals surface area (Å²) in [5.41, 5.74) is 6.44. The van der Waals surface area contributed by atoms with E-state index in [9.17, 15) is 4.79 Å². The maximum atomic E-state index is 11.9. The molecule has 2 N–H and O–H groups in total. The summed E-state index contributed by atoms with van der Waals surface area (Å²) in [7, 11) is 1.95. The van der Waals surface area contributed by atoms with Gasteiger partial charge in [-0.1, -0.05) is 12.2 Å². The van der Waals surface area contributed by atoms with E-state index < -0.39 is 0 Å². The fourth-order valence-corrected chi connectivity index (χ4v) is 1.47. The Balaban J connectivity index is 4.04. The summed E-state index contributed by atoms with van der Waals surface area (Å²) in [4.78, 5) is 15.7. The number of nitrogens with two attached hydrogens (primary N) is 1. The van der Waals surface area contributed by atoms with Crippen molar-refractivity contribution in [1.82, 2.24) is 9.80 Å². The van der Waals surface area contributed by atoms with Gasteiger partial charge in [-0.3, -0.25) is 9.69 Å². The summed E-state index contributed by atoms with van der Waals surface area (Å²) < 4.78 is 0. The number of carbonyl (C=O) groups is 1. The van der Waals surface area contributed by atoms with E-state index in [1.165, 1.54) is 0 Å². The largest absolute Gasteiger partial charge is 0.338 e. The van der Waals surface area contributed by atoms with Gasteiger partial charge in [0.1, 0.15) is 0 Å². The third-order valence-electron chi connectivity index (χ3n) is 2.34. The molecular weight excluding hydrogens is 202 g/mol. The molecule has 0 saturated carbocycles. The van der Waals surface area contributed by atoms with Crippen molar-refractivity contribution in [1.29, 1.82) is 0 Å². The van der Waals surface area contributed by atoms with Gasteiger partial charge in [0.05, 0.1) is 6.54 Å². The molecule has 0 rings (SSSR count). The molecule has 1 amide bonds. The number of rotatable bonds is 8. The van der Waals surface area contributed by atoms with Crippen molar-refractivity contribution < 1.29 is 4.79 Å². The van der Waals surface area contributed by atoms with Gasteiger partial charge in [-0.25, -0.2) is 0 Å². The Bertz CT molecular complexity index is 228. The topological polar surface area (TPSA) is 49.6 Å². The second kappa shape index (κ2) is 8.30. The van der Waals surface area contributed by atoms with Crippen molar-refractivity contribution in [2.45, 2.75) is 20.3 Å². The Morgan fingerprint density at radius 1 is 1.38 bits per heavy atom. The van der Waals surface area contributed by atoms with Gasteiger partial charge in [-0.15, -0.1) is 0 Å². The highest BCUT2D eigenvalue weighted by Gasteiger charge is 2.13. The highest BCUT2D eigenvalue weighted by atomic mass is 16.2. The Hall–Kier alpha value is -0.870. The second-order valence-electron chi connectivity index (χ2n) is 4.25. The molecule has 0 aromatic rings. The van der Waals surface area contributed by atoms with Crippen LogP contribution in [0.5, 0.6) is 0 Å². The van der Waals surface area contributed by atoms with Crippen LogP contribution in [-0.2, 0) is 4.79 Å². The fourth-order valence-electron chi connectivity index (χ4n) is 1.47. The Kier molecular flexibility index (Phi) is 7.85. The molecule has 0 radical (unpaired) electrons. The molecule has 4 heteroatoms. The third-order valence-corrected chi connectivity index (χ3v) is 2.34. The van der Waals surface area contributed by atoms with Crippen LogP contribution in [0.2, 0.25) is 0 Å². The van der Waals surface area contributed by atoms with Crippen molar-refractivity contribution in [2.75, 3.05) is 39.8 Å². The zero-order valence-electron chi connectivity index (χ0n) is 10.8. The normalized spacial score (nSPS) is 10.6. The number of hydrogen-bond donors (Lipinski definition) is 1. The molecule has 0 saturated heterocycles. The molecule has 0 atom stereocenters. The Labute approximate surface area is 99.1 Å². The van der Waals surface area contributed by atoms with Gasteiger partial charge >= 0.3 is 0 Å². The number of nitrogens with zero attached hydrogens (tertiary/aromatic N) is 2. The van der Waals surface area contributed by atoms with Gasteiger partial charge in [-0.2, -0.15) is 0 Å². The first kappa shape index (κ1) is 15.1. The van der Waals surface area contributed by atoms with Gasteiger partial charge < -0.3 is 10.6 Å². The molecule has 0 aliphatic heterocycles. The minimum atomic E-state index is 0.157. The lowest BCUT2D eigenvalue weighted by atomic mass is 10.3. The molecule has 16 heavy (non-hydrogen) atoms. The zero-order chi connectivity index (χ0) is 12.6. The molecular formula is C12H25N3O. The average Bonchev–Trinajstić information content (AvgIpc) is 2.22. The van der Waals surface area contributed by atoms with Crippen LogP contribution in [0.25, 0.3) is 0 Å². The van der Waals surface area contributed by atoms with Crippen molar-refractivity contribution in [3.63, 3.8) is 0 Å². The smallest absolute Gasteiger partial charge is 0.237 e. The molecule has 4 nitrogen and oxygen atoms in total. The lowest BCUT2D eigenvalue weighted by molar-refractivity contribution is -0.131. The first-order chi connectivity index (χ1) is 7.51. The van der Waals surface area contributed by atoms with E-state index >= 15 is 0 Å². The molecule has 0 bridgehead atoms. The average molecular weight is 227 g/mol. The van der Waals surface area contributed by atoms with Crippen LogP contribution in [0.4, 0.5) is 0 Å². The minimum Gasteiger partial charge on any atom is -0.338 e. The number of amides is 1. The minimum absolute atomic E-state index is 0.157. The Morgan fingerprint density at radius 3 is 2.44 bits per heavy atom. The summed E-state index contributed by atoms with van der Waals surface area (Å²) in [6.07, 6.45) is 0.927. The molecule has 0 spiro atoms. The standard InChI is InChI=1S/C12H25N3O/c1-5-15(9-11(2)3)12(16)10-14(4)8-6-7-13/h2,5-10,13H2,1,3-4H3. The van der Waals surface area contributed by atoms with Crippen LogP contribution >= 0.6 is 0 Å². The quantitative estimate of drug-likeness (QED) is 0.621. The summed E-state index contributed by atoms with van der Waals surface area (Å²) in [6.45, 7) is 11.1. The van der Waals surface area contributed by atoms with Gasteiger partial charge in [0.25, 0.3) is 0 Å². The first-order valence-corrected chi connectivity index (χ1v) is 5.82. The lowest BCUT2D eigenvalue weighted by Crippen LogP contribution is -2.40. The number of hydrogen-bond acceptors (Lipinski definition) is 3. The summed E-state index contributed by atoms with van der Waals surface area (Å²) in [5, 5.41) is 0. The fraction of sp³-hybridized carbons (Fsp3) is 0.750. The van der Waals surface area contributed by atoms with Crippen molar-refractivity contribution in [3.05, 3.63) is 12.2 Å². The molecule has 0 aliphatic rings. The summed E-state index contributed by atoms with van der Waals surface area (Å²) in [6, 6.07) is 0. The van der Waals surface area contributed by atoms with E-state index in [0.717, 1.165) is 25.1 Å². The monoisotopic (exact) mass is 227 g/mol. The van der Waals surface area contributed by atoms with Gasteiger partial charge in [0.2, 0.25) is 5.91 Å². The van der Waals surface area contributed by atoms with Crippen LogP contribution in [-0.4, -0.2) is 55.5 Å². The molecule has 0 aromatic heterocycles. The molecule has 0 unspecified atom stereocenters. The van der Waals surface area contributed by atoms with Gasteiger partial charge in [0.15, 0.2) is 0 Å². The van der Waals surface area contributed by atoms with E-state index in [0.29, 0.717) is 19.6 Å². The second-order valence-corrected chi connectivity index (χ2v) is 4.25. The van der Waals surface area contributed by atoms with Crippen LogP contribution in [0.15, 0.2) is 12.2 Å². The molecule has 0 aliphatic carbocycles. The number of likely N-dealkylation sites (N-methyl/N-ethyl adjacent to an activating group) is 2. The van der Waals surface area contributed by atoms with E-state index in [1.54, 1.807) is 0 Å². The predicted molar refractivity (Wildman–Crippen MR) is 68.2 cm³/mol. The summed E-state index contributed by atoms with van der Waals surface area (Å²) >= 11 is 0. The van der Waals surface area contributed by atoms with E-state index in [2.05, 4.69) is 6.58 Å². The zero-order valence-corrected chi connectivity index (χ0v) is 10.8. The van der Waals surface area contributed by atoms with Crippen LogP contribution in [0.3, 0.4) is 0 Å². The number of carbonyl (C=O) groups excluding carboxylic acids is 1. The van der Waals surface area contributed by atoms with Crippen LogP contribution < -0.4 is 5.73 Å². The van der Waals surface area contributed by atoms with Crippen molar-refractivity contribution in [3.8, 4) is 0 Å². The maximum Gasteiger partial charge on any atom is 0.237 e. The van der Waals surface area contributed by atoms with Crippen molar-refractivity contribution in [2.24, 2.45) is 5.73 Å². The van der Waals surface area contributed by atoms with E-state index in [-0.39, 0.29) is 5.91 Å². The molecule has 0 heterocycles. The molecule has 0 aromatic carbocycles. The SMILES string of the molecule is C=C(C)CN(CC)C(=O)CN(C)CCCN. The highest BCUT2D eigenvalue weighted by Crippen LogP contribution is 1.98. The Morgan fingerprint density at radius 2 is 2.00 bits per heavy atom. The van der Waals surface area contributed by atoms with E-state index in [1.807, 2.05) is 30.7 Å². The van der Waals surface area contributed by atoms with Gasteiger partial charge in [-0.05, 0) is 40.4 Å². The van der Waals surface area contributed by atoms with Gasteiger partial charge in [0, 0.05) is 13.1 Å². The van der Waals surface area contributed by atoms with E-state index in [4.69, 9.17) is 5.73 Å². The summed E-state index contributed by atoms with van der Waals surface area (Å²) in [5.74, 6) is 0.157. The van der Waals surface area contributed by atoms with Crippen LogP contribution in [0.1, 0.15) is 20.3 Å². The lowest BCUT2D eigenvalue weighted by Gasteiger charge is -2.24. The molecule has 0 fully saturated rings. The highest BCUT2D eigenvalue weighted by molar-refractivity contribution is 5.78. The van der Waals surface area contributed by atoms with Crippen molar-refractivity contribution >= 4 is 5.91 Å².